The van der Waals surface area contributed by atoms with Crippen molar-refractivity contribution >= 4 is 16.9 Å². The van der Waals surface area contributed by atoms with Gasteiger partial charge in [-0.2, -0.15) is 5.10 Å². The molecular weight excluding hydrogens is 158 g/mol. The van der Waals surface area contributed by atoms with Crippen LogP contribution >= 0.6 is 0 Å². The smallest absolute Gasteiger partial charge is 0.164 e. The molecular formula is C6H7N5O. The zero-order valence-electron chi connectivity index (χ0n) is 6.40. The number of hydrogen-bond donors (Lipinski definition) is 2. The second-order valence-electron chi connectivity index (χ2n) is 2.16. The van der Waals surface area contributed by atoms with E-state index in [1.807, 2.05) is 0 Å². The van der Waals surface area contributed by atoms with Crippen molar-refractivity contribution in [1.82, 2.24) is 20.2 Å². The molecule has 2 aromatic heterocycles. The quantitative estimate of drug-likeness (QED) is 0.627. The first-order valence-electron chi connectivity index (χ1n) is 3.35. The second kappa shape index (κ2) is 2.74. The van der Waals surface area contributed by atoms with E-state index >= 15 is 0 Å². The zero-order valence-corrected chi connectivity index (χ0v) is 6.40. The number of H-pyrrole nitrogens is 1. The van der Waals surface area contributed by atoms with E-state index < -0.39 is 0 Å². The Morgan fingerprint density at radius 3 is 3.25 bits per heavy atom. The lowest BCUT2D eigenvalue weighted by molar-refractivity contribution is 0.269. The molecule has 62 valence electrons. The minimum atomic E-state index is 0.608. The van der Waals surface area contributed by atoms with Crippen LogP contribution < -0.4 is 5.48 Å². The van der Waals surface area contributed by atoms with E-state index in [1.165, 1.54) is 13.4 Å². The van der Waals surface area contributed by atoms with Crippen molar-refractivity contribution in [3.8, 4) is 0 Å². The maximum Gasteiger partial charge on any atom is 0.164 e. The summed E-state index contributed by atoms with van der Waals surface area (Å²) in [5.74, 6) is 0.608. The molecule has 0 saturated heterocycles. The fraction of sp³-hybridized carbons (Fsp3) is 0.167. The first-order chi connectivity index (χ1) is 5.92. The Bertz CT molecular complexity index is 384. The van der Waals surface area contributed by atoms with Crippen molar-refractivity contribution in [3.05, 3.63) is 12.5 Å². The lowest BCUT2D eigenvalue weighted by atomic mass is 10.4. The van der Waals surface area contributed by atoms with Gasteiger partial charge in [0, 0.05) is 0 Å². The number of nitrogens with one attached hydrogen (secondary N) is 2. The van der Waals surface area contributed by atoms with Gasteiger partial charge in [0.1, 0.15) is 6.33 Å². The van der Waals surface area contributed by atoms with Crippen molar-refractivity contribution in [2.75, 3.05) is 12.6 Å². The van der Waals surface area contributed by atoms with Crippen LogP contribution in [0.1, 0.15) is 0 Å². The zero-order chi connectivity index (χ0) is 8.39. The molecule has 2 rings (SSSR count). The molecule has 6 nitrogen and oxygen atoms in total. The van der Waals surface area contributed by atoms with Crippen molar-refractivity contribution < 1.29 is 4.84 Å². The van der Waals surface area contributed by atoms with Gasteiger partial charge >= 0.3 is 0 Å². The molecule has 0 radical (unpaired) electrons. The Morgan fingerprint density at radius 2 is 2.42 bits per heavy atom. The molecule has 0 aliphatic carbocycles. The molecule has 0 saturated carbocycles. The van der Waals surface area contributed by atoms with Gasteiger partial charge in [0.15, 0.2) is 11.5 Å². The summed E-state index contributed by atoms with van der Waals surface area (Å²) in [6.45, 7) is 0. The molecule has 0 bridgehead atoms. The summed E-state index contributed by atoms with van der Waals surface area (Å²) in [5, 5.41) is 7.35. The van der Waals surface area contributed by atoms with Crippen LogP contribution in [0.2, 0.25) is 0 Å². The van der Waals surface area contributed by atoms with Crippen molar-refractivity contribution in [1.29, 1.82) is 0 Å². The summed E-state index contributed by atoms with van der Waals surface area (Å²) in [4.78, 5) is 12.6. The summed E-state index contributed by atoms with van der Waals surface area (Å²) in [6.07, 6.45) is 3.07. The Labute approximate surface area is 67.9 Å². The van der Waals surface area contributed by atoms with E-state index in [0.717, 1.165) is 5.39 Å². The Morgan fingerprint density at radius 1 is 1.50 bits per heavy atom. The number of aromatic nitrogens is 4. The van der Waals surface area contributed by atoms with Crippen LogP contribution in [0.5, 0.6) is 0 Å². The van der Waals surface area contributed by atoms with E-state index in [4.69, 9.17) is 4.84 Å². The highest BCUT2D eigenvalue weighted by atomic mass is 16.6. The van der Waals surface area contributed by atoms with E-state index in [2.05, 4.69) is 25.6 Å². The molecule has 0 unspecified atom stereocenters. The van der Waals surface area contributed by atoms with E-state index in [9.17, 15) is 0 Å². The van der Waals surface area contributed by atoms with Gasteiger partial charge in [0.25, 0.3) is 0 Å². The number of aromatic amines is 1. The van der Waals surface area contributed by atoms with Gasteiger partial charge in [0.05, 0.1) is 18.7 Å². The molecule has 0 aliphatic rings. The highest BCUT2D eigenvalue weighted by molar-refractivity contribution is 5.84. The first kappa shape index (κ1) is 6.99. The predicted octanol–water partition coefficient (Wildman–Crippen LogP) is 0.326. The molecule has 6 heteroatoms. The standard InChI is InChI=1S/C6H7N5O/c1-12-11-6-4-2-9-10-5(4)7-3-8-6/h2-3H,1H3,(H2,7,8,9,10,11). The van der Waals surface area contributed by atoms with Gasteiger partial charge in [0.2, 0.25) is 0 Å². The highest BCUT2D eigenvalue weighted by Crippen LogP contribution is 2.15. The molecule has 0 aromatic carbocycles. The maximum atomic E-state index is 4.72. The average Bonchev–Trinajstić information content (AvgIpc) is 2.53. The molecule has 2 N–H and O–H groups in total. The molecule has 0 aliphatic heterocycles. The Hall–Kier alpha value is -1.69. The summed E-state index contributed by atoms with van der Waals surface area (Å²) < 4.78 is 0. The number of nitrogens with zero attached hydrogens (tertiary/aromatic N) is 3. The van der Waals surface area contributed by atoms with E-state index in [0.29, 0.717) is 11.5 Å². The lowest BCUT2D eigenvalue weighted by Gasteiger charge is -2.00. The van der Waals surface area contributed by atoms with Gasteiger partial charge in [-0.3, -0.25) is 9.94 Å². The minimum absolute atomic E-state index is 0.608. The molecule has 2 aromatic rings. The molecule has 0 spiro atoms. The number of hydrogen-bond acceptors (Lipinski definition) is 5. The van der Waals surface area contributed by atoms with Gasteiger partial charge in [-0.1, -0.05) is 0 Å². The van der Waals surface area contributed by atoms with Crippen molar-refractivity contribution in [2.24, 2.45) is 0 Å². The fourth-order valence-corrected chi connectivity index (χ4v) is 0.943. The lowest BCUT2D eigenvalue weighted by Crippen LogP contribution is -1.98. The van der Waals surface area contributed by atoms with Crippen LogP contribution in [-0.4, -0.2) is 27.3 Å². The summed E-state index contributed by atoms with van der Waals surface area (Å²) >= 11 is 0. The monoisotopic (exact) mass is 165 g/mol. The van der Waals surface area contributed by atoms with Crippen molar-refractivity contribution in [2.45, 2.75) is 0 Å². The number of fused-ring (bicyclic) bond motifs is 1. The summed E-state index contributed by atoms with van der Waals surface area (Å²) in [5.41, 5.74) is 3.31. The summed E-state index contributed by atoms with van der Waals surface area (Å²) in [7, 11) is 1.52. The number of rotatable bonds is 2. The number of anilines is 1. The Kier molecular flexibility index (Phi) is 1.60. The minimum Gasteiger partial charge on any atom is -0.278 e. The highest BCUT2D eigenvalue weighted by Gasteiger charge is 2.02. The molecule has 2 heterocycles. The van der Waals surface area contributed by atoms with E-state index in [1.54, 1.807) is 6.20 Å². The summed E-state index contributed by atoms with van der Waals surface area (Å²) in [6, 6.07) is 0. The molecule has 0 amide bonds. The van der Waals surface area contributed by atoms with Crippen LogP contribution in [-0.2, 0) is 4.84 Å². The SMILES string of the molecule is CONc1ncnc2[nH]ncc12. The third-order valence-electron chi connectivity index (χ3n) is 1.45. The third-order valence-corrected chi connectivity index (χ3v) is 1.45. The van der Waals surface area contributed by atoms with Gasteiger partial charge in [-0.25, -0.2) is 15.4 Å². The van der Waals surface area contributed by atoms with Crippen molar-refractivity contribution in [3.63, 3.8) is 0 Å². The van der Waals surface area contributed by atoms with Gasteiger partial charge in [-0.15, -0.1) is 0 Å². The Balaban J connectivity index is 2.57. The first-order valence-corrected chi connectivity index (χ1v) is 3.35. The van der Waals surface area contributed by atoms with Crippen LogP contribution in [0.15, 0.2) is 12.5 Å². The van der Waals surface area contributed by atoms with Gasteiger partial charge in [-0.05, 0) is 0 Å². The molecule has 12 heavy (non-hydrogen) atoms. The largest absolute Gasteiger partial charge is 0.278 e. The normalized spacial score (nSPS) is 10.4. The average molecular weight is 165 g/mol. The second-order valence-corrected chi connectivity index (χ2v) is 2.16. The van der Waals surface area contributed by atoms with Gasteiger partial charge < -0.3 is 0 Å². The van der Waals surface area contributed by atoms with Crippen LogP contribution in [0, 0.1) is 0 Å². The topological polar surface area (TPSA) is 75.7 Å². The fourth-order valence-electron chi connectivity index (χ4n) is 0.943. The van der Waals surface area contributed by atoms with E-state index in [-0.39, 0.29) is 0 Å². The third kappa shape index (κ3) is 0.978. The predicted molar refractivity (Wildman–Crippen MR) is 42.3 cm³/mol. The van der Waals surface area contributed by atoms with Crippen LogP contribution in [0.3, 0.4) is 0 Å². The molecule has 0 fully saturated rings. The van der Waals surface area contributed by atoms with Crippen LogP contribution in [0.4, 0.5) is 5.82 Å². The maximum absolute atomic E-state index is 4.72. The molecule has 0 atom stereocenters. The van der Waals surface area contributed by atoms with Crippen LogP contribution in [0.25, 0.3) is 11.0 Å².